The molecule has 0 aromatic carbocycles. The largest absolute Gasteiger partial charge is 0.300 e. The van der Waals surface area contributed by atoms with Crippen molar-refractivity contribution >= 4 is 5.78 Å². The number of carbonyl (C=O) groups is 1. The number of Topliss-reactive ketones (excluding diaryl/α,β-unsaturated/α-hetero) is 1. The van der Waals surface area contributed by atoms with Crippen molar-refractivity contribution < 1.29 is 4.79 Å². The SMILES string of the molecule is CCCN(CCCC(C)=O)C1CC1. The minimum absolute atomic E-state index is 0.326. The number of nitrogens with zero attached hydrogens (tertiary/aromatic N) is 1. The van der Waals surface area contributed by atoms with Crippen LogP contribution >= 0.6 is 0 Å². The molecular formula is C11H21NO. The van der Waals surface area contributed by atoms with Crippen molar-refractivity contribution in [3.63, 3.8) is 0 Å². The summed E-state index contributed by atoms with van der Waals surface area (Å²) in [6.07, 6.45) is 5.79. The van der Waals surface area contributed by atoms with Gasteiger partial charge in [0.25, 0.3) is 0 Å². The fourth-order valence-electron chi connectivity index (χ4n) is 1.73. The molecule has 0 radical (unpaired) electrons. The molecule has 0 unspecified atom stereocenters. The van der Waals surface area contributed by atoms with E-state index in [0.717, 1.165) is 25.4 Å². The molecule has 2 heteroatoms. The molecule has 1 aliphatic rings. The average Bonchev–Trinajstić information content (AvgIpc) is 2.84. The van der Waals surface area contributed by atoms with Crippen LogP contribution in [-0.2, 0) is 4.79 Å². The van der Waals surface area contributed by atoms with Gasteiger partial charge in [-0.3, -0.25) is 0 Å². The predicted molar refractivity (Wildman–Crippen MR) is 54.8 cm³/mol. The Morgan fingerprint density at radius 1 is 1.38 bits per heavy atom. The Hall–Kier alpha value is -0.370. The Morgan fingerprint density at radius 2 is 2.08 bits per heavy atom. The van der Waals surface area contributed by atoms with Gasteiger partial charge in [0.2, 0.25) is 0 Å². The van der Waals surface area contributed by atoms with Crippen LogP contribution in [0.3, 0.4) is 0 Å². The van der Waals surface area contributed by atoms with Crippen LogP contribution in [0.4, 0.5) is 0 Å². The van der Waals surface area contributed by atoms with E-state index in [2.05, 4.69) is 11.8 Å². The molecule has 0 N–H and O–H groups in total. The summed E-state index contributed by atoms with van der Waals surface area (Å²) in [5, 5.41) is 0. The molecule has 0 saturated heterocycles. The Kier molecular flexibility index (Phi) is 4.43. The average molecular weight is 183 g/mol. The van der Waals surface area contributed by atoms with Crippen molar-refractivity contribution in [1.29, 1.82) is 0 Å². The third kappa shape index (κ3) is 4.41. The molecule has 1 fully saturated rings. The van der Waals surface area contributed by atoms with Gasteiger partial charge in [-0.1, -0.05) is 6.92 Å². The highest BCUT2D eigenvalue weighted by Crippen LogP contribution is 2.26. The Morgan fingerprint density at radius 3 is 2.54 bits per heavy atom. The molecule has 0 aromatic heterocycles. The monoisotopic (exact) mass is 183 g/mol. The zero-order valence-electron chi connectivity index (χ0n) is 8.88. The van der Waals surface area contributed by atoms with E-state index in [0.29, 0.717) is 5.78 Å². The normalized spacial score (nSPS) is 16.5. The quantitative estimate of drug-likeness (QED) is 0.603. The molecule has 0 heterocycles. The van der Waals surface area contributed by atoms with E-state index < -0.39 is 0 Å². The summed E-state index contributed by atoms with van der Waals surface area (Å²) in [7, 11) is 0. The van der Waals surface area contributed by atoms with E-state index in [1.807, 2.05) is 0 Å². The van der Waals surface area contributed by atoms with Crippen LogP contribution in [0, 0.1) is 0 Å². The van der Waals surface area contributed by atoms with Gasteiger partial charge in [0.05, 0.1) is 0 Å². The summed E-state index contributed by atoms with van der Waals surface area (Å²) in [5.41, 5.74) is 0. The van der Waals surface area contributed by atoms with Gasteiger partial charge in [-0.25, -0.2) is 0 Å². The second-order valence-electron chi connectivity index (χ2n) is 4.07. The molecule has 2 nitrogen and oxygen atoms in total. The summed E-state index contributed by atoms with van der Waals surface area (Å²) in [5.74, 6) is 0.326. The molecule has 13 heavy (non-hydrogen) atoms. The minimum Gasteiger partial charge on any atom is -0.300 e. The Bertz CT molecular complexity index is 163. The van der Waals surface area contributed by atoms with E-state index in [1.165, 1.54) is 25.8 Å². The second kappa shape index (κ2) is 5.38. The van der Waals surface area contributed by atoms with Gasteiger partial charge < -0.3 is 9.69 Å². The predicted octanol–water partition coefficient (Wildman–Crippen LogP) is 2.23. The van der Waals surface area contributed by atoms with Gasteiger partial charge in [-0.05, 0) is 45.7 Å². The summed E-state index contributed by atoms with van der Waals surface area (Å²) >= 11 is 0. The molecule has 0 aliphatic heterocycles. The first-order chi connectivity index (χ1) is 6.24. The smallest absolute Gasteiger partial charge is 0.129 e. The van der Waals surface area contributed by atoms with E-state index in [1.54, 1.807) is 6.92 Å². The van der Waals surface area contributed by atoms with Crippen LogP contribution in [-0.4, -0.2) is 29.8 Å². The van der Waals surface area contributed by atoms with Gasteiger partial charge in [0.15, 0.2) is 0 Å². The van der Waals surface area contributed by atoms with Gasteiger partial charge in [-0.15, -0.1) is 0 Å². The molecule has 1 rings (SSSR count). The zero-order chi connectivity index (χ0) is 9.68. The summed E-state index contributed by atoms with van der Waals surface area (Å²) in [6.45, 7) is 6.24. The van der Waals surface area contributed by atoms with Crippen molar-refractivity contribution in [2.75, 3.05) is 13.1 Å². The molecule has 76 valence electrons. The maximum Gasteiger partial charge on any atom is 0.129 e. The molecule has 0 bridgehead atoms. The van der Waals surface area contributed by atoms with Crippen molar-refractivity contribution in [3.8, 4) is 0 Å². The van der Waals surface area contributed by atoms with Crippen LogP contribution in [0.5, 0.6) is 0 Å². The lowest BCUT2D eigenvalue weighted by Crippen LogP contribution is -2.28. The van der Waals surface area contributed by atoms with E-state index >= 15 is 0 Å². The first-order valence-corrected chi connectivity index (χ1v) is 5.47. The highest BCUT2D eigenvalue weighted by Gasteiger charge is 2.27. The lowest BCUT2D eigenvalue weighted by molar-refractivity contribution is -0.117. The summed E-state index contributed by atoms with van der Waals surface area (Å²) < 4.78 is 0. The first kappa shape index (κ1) is 10.7. The molecule has 0 aromatic rings. The lowest BCUT2D eigenvalue weighted by Gasteiger charge is -2.20. The molecule has 0 amide bonds. The molecule has 0 atom stereocenters. The third-order valence-electron chi connectivity index (χ3n) is 2.55. The van der Waals surface area contributed by atoms with E-state index in [9.17, 15) is 4.79 Å². The van der Waals surface area contributed by atoms with Crippen molar-refractivity contribution in [2.45, 2.75) is 52.0 Å². The zero-order valence-corrected chi connectivity index (χ0v) is 8.88. The Balaban J connectivity index is 2.10. The molecule has 0 spiro atoms. The van der Waals surface area contributed by atoms with Crippen molar-refractivity contribution in [1.82, 2.24) is 4.90 Å². The Labute approximate surface area is 81.3 Å². The van der Waals surface area contributed by atoms with Crippen LogP contribution in [0.15, 0.2) is 0 Å². The van der Waals surface area contributed by atoms with Crippen LogP contribution < -0.4 is 0 Å². The minimum atomic E-state index is 0.326. The van der Waals surface area contributed by atoms with E-state index in [-0.39, 0.29) is 0 Å². The van der Waals surface area contributed by atoms with Crippen molar-refractivity contribution in [3.05, 3.63) is 0 Å². The van der Waals surface area contributed by atoms with Gasteiger partial charge >= 0.3 is 0 Å². The number of carbonyl (C=O) groups excluding carboxylic acids is 1. The highest BCUT2D eigenvalue weighted by atomic mass is 16.1. The highest BCUT2D eigenvalue weighted by molar-refractivity contribution is 5.75. The number of ketones is 1. The van der Waals surface area contributed by atoms with E-state index in [4.69, 9.17) is 0 Å². The number of hydrogen-bond acceptors (Lipinski definition) is 2. The number of rotatable bonds is 7. The summed E-state index contributed by atoms with van der Waals surface area (Å²) in [4.78, 5) is 13.3. The molecule has 1 aliphatic carbocycles. The van der Waals surface area contributed by atoms with Crippen LogP contribution in [0.2, 0.25) is 0 Å². The third-order valence-corrected chi connectivity index (χ3v) is 2.55. The topological polar surface area (TPSA) is 20.3 Å². The second-order valence-corrected chi connectivity index (χ2v) is 4.07. The first-order valence-electron chi connectivity index (χ1n) is 5.47. The van der Waals surface area contributed by atoms with Gasteiger partial charge in [0, 0.05) is 12.5 Å². The van der Waals surface area contributed by atoms with Crippen LogP contribution in [0.1, 0.15) is 46.0 Å². The molecule has 1 saturated carbocycles. The van der Waals surface area contributed by atoms with Gasteiger partial charge in [-0.2, -0.15) is 0 Å². The molecular weight excluding hydrogens is 162 g/mol. The standard InChI is InChI=1S/C11H21NO/c1-3-8-12(11-6-7-11)9-4-5-10(2)13/h11H,3-9H2,1-2H3. The fourth-order valence-corrected chi connectivity index (χ4v) is 1.73. The van der Waals surface area contributed by atoms with Crippen LogP contribution in [0.25, 0.3) is 0 Å². The van der Waals surface area contributed by atoms with Crippen molar-refractivity contribution in [2.24, 2.45) is 0 Å². The fraction of sp³-hybridized carbons (Fsp3) is 0.909. The summed E-state index contributed by atoms with van der Waals surface area (Å²) in [6, 6.07) is 0.854. The maximum absolute atomic E-state index is 10.8. The van der Waals surface area contributed by atoms with Gasteiger partial charge in [0.1, 0.15) is 5.78 Å². The maximum atomic E-state index is 10.8. The number of hydrogen-bond donors (Lipinski definition) is 0. The lowest BCUT2D eigenvalue weighted by atomic mass is 10.2.